The second-order valence-electron chi connectivity index (χ2n) is 4.78. The molecule has 0 aromatic carbocycles. The number of nitrogens with zero attached hydrogens (tertiary/aromatic N) is 2. The first-order chi connectivity index (χ1) is 7.68. The lowest BCUT2D eigenvalue weighted by Gasteiger charge is -2.21. The highest BCUT2D eigenvalue weighted by Crippen LogP contribution is 2.31. The van der Waals surface area contributed by atoms with Gasteiger partial charge in [-0.2, -0.15) is 0 Å². The van der Waals surface area contributed by atoms with Gasteiger partial charge in [0.1, 0.15) is 5.82 Å². The Morgan fingerprint density at radius 1 is 1.31 bits per heavy atom. The second-order valence-corrected chi connectivity index (χ2v) is 4.78. The zero-order valence-electron chi connectivity index (χ0n) is 10.1. The van der Waals surface area contributed by atoms with Crippen molar-refractivity contribution in [3.8, 4) is 0 Å². The van der Waals surface area contributed by atoms with Gasteiger partial charge in [-0.05, 0) is 26.7 Å². The fraction of sp³-hybridized carbons (Fsp3) is 0.692. The van der Waals surface area contributed by atoms with Crippen LogP contribution in [0.25, 0.3) is 0 Å². The van der Waals surface area contributed by atoms with Gasteiger partial charge in [-0.3, -0.25) is 0 Å². The van der Waals surface area contributed by atoms with E-state index in [1.807, 2.05) is 6.92 Å². The van der Waals surface area contributed by atoms with Crippen molar-refractivity contribution in [3.63, 3.8) is 0 Å². The van der Waals surface area contributed by atoms with E-state index in [0.717, 1.165) is 17.1 Å². The molecule has 1 aromatic heterocycles. The maximum absolute atomic E-state index is 9.53. The molecule has 1 heterocycles. The smallest absolute Gasteiger partial charge is 0.131 e. The predicted molar refractivity (Wildman–Crippen MR) is 63.2 cm³/mol. The van der Waals surface area contributed by atoms with Crippen LogP contribution in [0.4, 0.5) is 0 Å². The standard InChI is InChI=1S/C13H20N2O/c1-9-12(10(2)16)8-14-13(15-9)11-6-4-3-5-7-11/h8,10-11,16H,3-7H2,1-2H3. The van der Waals surface area contributed by atoms with Gasteiger partial charge in [0.15, 0.2) is 0 Å². The Kier molecular flexibility index (Phi) is 3.54. The van der Waals surface area contributed by atoms with Gasteiger partial charge in [-0.1, -0.05) is 19.3 Å². The van der Waals surface area contributed by atoms with E-state index in [4.69, 9.17) is 0 Å². The summed E-state index contributed by atoms with van der Waals surface area (Å²) < 4.78 is 0. The van der Waals surface area contributed by atoms with E-state index in [1.54, 1.807) is 13.1 Å². The number of hydrogen-bond donors (Lipinski definition) is 1. The second kappa shape index (κ2) is 4.91. The van der Waals surface area contributed by atoms with Crippen LogP contribution in [0.15, 0.2) is 6.20 Å². The number of rotatable bonds is 2. The van der Waals surface area contributed by atoms with Crippen LogP contribution in [-0.2, 0) is 0 Å². The fourth-order valence-electron chi connectivity index (χ4n) is 2.46. The van der Waals surface area contributed by atoms with Crippen LogP contribution >= 0.6 is 0 Å². The minimum atomic E-state index is -0.472. The van der Waals surface area contributed by atoms with Crippen LogP contribution in [0.1, 0.15) is 68.1 Å². The molecule has 0 radical (unpaired) electrons. The van der Waals surface area contributed by atoms with E-state index < -0.39 is 6.10 Å². The Morgan fingerprint density at radius 2 is 2.00 bits per heavy atom. The third kappa shape index (κ3) is 2.40. The monoisotopic (exact) mass is 220 g/mol. The summed E-state index contributed by atoms with van der Waals surface area (Å²) >= 11 is 0. The van der Waals surface area contributed by atoms with Crippen LogP contribution in [0, 0.1) is 6.92 Å². The highest BCUT2D eigenvalue weighted by Gasteiger charge is 2.19. The molecule has 1 saturated carbocycles. The van der Waals surface area contributed by atoms with E-state index >= 15 is 0 Å². The molecule has 2 rings (SSSR count). The number of aliphatic hydroxyl groups is 1. The van der Waals surface area contributed by atoms with Crippen molar-refractivity contribution >= 4 is 0 Å². The van der Waals surface area contributed by atoms with Gasteiger partial charge in [0, 0.05) is 23.4 Å². The van der Waals surface area contributed by atoms with Crippen molar-refractivity contribution in [3.05, 3.63) is 23.3 Å². The van der Waals surface area contributed by atoms with Crippen LogP contribution in [0.5, 0.6) is 0 Å². The molecule has 3 nitrogen and oxygen atoms in total. The molecular formula is C13H20N2O. The number of hydrogen-bond acceptors (Lipinski definition) is 3. The number of aromatic nitrogens is 2. The molecule has 0 bridgehead atoms. The fourth-order valence-corrected chi connectivity index (χ4v) is 2.46. The molecule has 1 atom stereocenters. The van der Waals surface area contributed by atoms with Crippen LogP contribution < -0.4 is 0 Å². The van der Waals surface area contributed by atoms with Gasteiger partial charge >= 0.3 is 0 Å². The van der Waals surface area contributed by atoms with Gasteiger partial charge in [-0.15, -0.1) is 0 Å². The van der Waals surface area contributed by atoms with Gasteiger partial charge in [0.2, 0.25) is 0 Å². The summed E-state index contributed by atoms with van der Waals surface area (Å²) in [7, 11) is 0. The molecule has 1 unspecified atom stereocenters. The van der Waals surface area contributed by atoms with Gasteiger partial charge in [0.05, 0.1) is 6.10 Å². The lowest BCUT2D eigenvalue weighted by atomic mass is 9.88. The minimum absolute atomic E-state index is 0.472. The summed E-state index contributed by atoms with van der Waals surface area (Å²) in [6.45, 7) is 3.71. The molecule has 0 spiro atoms. The molecule has 1 aliphatic rings. The normalized spacial score (nSPS) is 19.7. The summed E-state index contributed by atoms with van der Waals surface area (Å²) in [6, 6.07) is 0. The SMILES string of the molecule is Cc1nc(C2CCCCC2)ncc1C(C)O. The highest BCUT2D eigenvalue weighted by atomic mass is 16.3. The van der Waals surface area contributed by atoms with Crippen molar-refractivity contribution < 1.29 is 5.11 Å². The highest BCUT2D eigenvalue weighted by molar-refractivity contribution is 5.19. The zero-order valence-corrected chi connectivity index (χ0v) is 10.1. The summed E-state index contributed by atoms with van der Waals surface area (Å²) in [4.78, 5) is 8.96. The average molecular weight is 220 g/mol. The van der Waals surface area contributed by atoms with Crippen molar-refractivity contribution in [1.82, 2.24) is 9.97 Å². The van der Waals surface area contributed by atoms with Gasteiger partial charge < -0.3 is 5.11 Å². The van der Waals surface area contributed by atoms with Crippen molar-refractivity contribution in [2.24, 2.45) is 0 Å². The first-order valence-corrected chi connectivity index (χ1v) is 6.20. The third-order valence-corrected chi connectivity index (χ3v) is 3.46. The quantitative estimate of drug-likeness (QED) is 0.833. The van der Waals surface area contributed by atoms with E-state index in [0.29, 0.717) is 5.92 Å². The van der Waals surface area contributed by atoms with E-state index in [-0.39, 0.29) is 0 Å². The average Bonchev–Trinajstić information content (AvgIpc) is 2.29. The van der Waals surface area contributed by atoms with Crippen molar-refractivity contribution in [2.75, 3.05) is 0 Å². The molecule has 0 saturated heterocycles. The molecule has 3 heteroatoms. The predicted octanol–water partition coefficient (Wildman–Crippen LogP) is 2.89. The first-order valence-electron chi connectivity index (χ1n) is 6.20. The third-order valence-electron chi connectivity index (χ3n) is 3.46. The van der Waals surface area contributed by atoms with Crippen LogP contribution in [-0.4, -0.2) is 15.1 Å². The van der Waals surface area contributed by atoms with Gasteiger partial charge in [-0.25, -0.2) is 9.97 Å². The van der Waals surface area contributed by atoms with Crippen molar-refractivity contribution in [2.45, 2.75) is 58.0 Å². The first kappa shape index (κ1) is 11.5. The Balaban J connectivity index is 2.19. The number of aryl methyl sites for hydroxylation is 1. The lowest BCUT2D eigenvalue weighted by Crippen LogP contribution is -2.11. The molecule has 88 valence electrons. The molecular weight excluding hydrogens is 200 g/mol. The molecule has 16 heavy (non-hydrogen) atoms. The molecule has 1 N–H and O–H groups in total. The van der Waals surface area contributed by atoms with E-state index in [9.17, 15) is 5.11 Å². The maximum atomic E-state index is 9.53. The van der Waals surface area contributed by atoms with Gasteiger partial charge in [0.25, 0.3) is 0 Å². The maximum Gasteiger partial charge on any atom is 0.131 e. The minimum Gasteiger partial charge on any atom is -0.389 e. The summed E-state index contributed by atoms with van der Waals surface area (Å²) in [5.74, 6) is 1.51. The molecule has 0 aliphatic heterocycles. The van der Waals surface area contributed by atoms with Crippen molar-refractivity contribution in [1.29, 1.82) is 0 Å². The summed E-state index contributed by atoms with van der Waals surface area (Å²) in [5, 5.41) is 9.53. The molecule has 1 aromatic rings. The Morgan fingerprint density at radius 3 is 2.56 bits per heavy atom. The number of aliphatic hydroxyl groups excluding tert-OH is 1. The van der Waals surface area contributed by atoms with E-state index in [2.05, 4.69) is 9.97 Å². The molecule has 1 aliphatic carbocycles. The summed E-state index contributed by atoms with van der Waals surface area (Å²) in [5.41, 5.74) is 1.77. The zero-order chi connectivity index (χ0) is 11.5. The molecule has 0 amide bonds. The lowest BCUT2D eigenvalue weighted by molar-refractivity contribution is 0.197. The van der Waals surface area contributed by atoms with Crippen LogP contribution in [0.3, 0.4) is 0 Å². The van der Waals surface area contributed by atoms with Crippen LogP contribution in [0.2, 0.25) is 0 Å². The summed E-state index contributed by atoms with van der Waals surface area (Å²) in [6.07, 6.45) is 7.69. The topological polar surface area (TPSA) is 46.0 Å². The molecule has 1 fully saturated rings. The largest absolute Gasteiger partial charge is 0.389 e. The Labute approximate surface area is 96.9 Å². The Hall–Kier alpha value is -0.960. The van der Waals surface area contributed by atoms with E-state index in [1.165, 1.54) is 32.1 Å². The Bertz CT molecular complexity index is 357.